The molecule has 2 aromatic rings. The Morgan fingerprint density at radius 1 is 1.08 bits per heavy atom. The lowest BCUT2D eigenvalue weighted by Crippen LogP contribution is -2.32. The molecule has 1 unspecified atom stereocenters. The fourth-order valence-corrected chi connectivity index (χ4v) is 3.99. The molecule has 2 rings (SSSR count). The van der Waals surface area contributed by atoms with E-state index in [0.29, 0.717) is 17.6 Å². The van der Waals surface area contributed by atoms with Crippen LogP contribution in [0.3, 0.4) is 0 Å². The van der Waals surface area contributed by atoms with Gasteiger partial charge in [-0.05, 0) is 18.6 Å². The van der Waals surface area contributed by atoms with E-state index in [1.165, 1.54) is 57.6 Å². The normalized spacial score (nSPS) is 12.5. The number of fused-ring (bicyclic) bond motifs is 1. The molecule has 6 nitrogen and oxygen atoms in total. The lowest BCUT2D eigenvalue weighted by atomic mass is 10.1. The summed E-state index contributed by atoms with van der Waals surface area (Å²) in [4.78, 5) is 24.2. The van der Waals surface area contributed by atoms with Crippen LogP contribution in [0, 0.1) is 0 Å². The number of rotatable bonds is 13. The first kappa shape index (κ1) is 20.7. The zero-order valence-corrected chi connectivity index (χ0v) is 16.6. The highest BCUT2D eigenvalue weighted by molar-refractivity contribution is 7.99. The first-order valence-corrected chi connectivity index (χ1v) is 10.7. The number of carboxylic acid groups (broad SMARTS) is 1. The third kappa shape index (κ3) is 5.69. The maximum atomic E-state index is 11.3. The SMILES string of the molecule is CCCCCCCCCCSc1ncnc2c1ncn2C(CC)C(=O)[O-]. The predicted octanol–water partition coefficient (Wildman–Crippen LogP) is 3.76. The highest BCUT2D eigenvalue weighted by Gasteiger charge is 2.16. The summed E-state index contributed by atoms with van der Waals surface area (Å²) in [5.74, 6) is -0.121. The van der Waals surface area contributed by atoms with E-state index < -0.39 is 12.0 Å². The van der Waals surface area contributed by atoms with Crippen LogP contribution in [-0.4, -0.2) is 31.2 Å². The number of nitrogens with zero attached hydrogens (tertiary/aromatic N) is 4. The minimum atomic E-state index is -1.11. The number of carbonyl (C=O) groups excluding carboxylic acids is 1. The Bertz CT molecular complexity index is 689. The lowest BCUT2D eigenvalue weighted by Gasteiger charge is -2.17. The zero-order chi connectivity index (χ0) is 18.8. The summed E-state index contributed by atoms with van der Waals surface area (Å²) in [6.07, 6.45) is 13.8. The fraction of sp³-hybridized carbons (Fsp3) is 0.684. The molecular formula is C19H29N4O2S-. The molecule has 0 bridgehead atoms. The maximum Gasteiger partial charge on any atom is 0.165 e. The second-order valence-corrected chi connectivity index (χ2v) is 7.65. The third-order valence-corrected chi connectivity index (χ3v) is 5.62. The summed E-state index contributed by atoms with van der Waals surface area (Å²) < 4.78 is 1.58. The zero-order valence-electron chi connectivity index (χ0n) is 15.8. The van der Waals surface area contributed by atoms with Crippen LogP contribution in [0.1, 0.15) is 77.7 Å². The van der Waals surface area contributed by atoms with Gasteiger partial charge in [0.1, 0.15) is 16.9 Å². The minimum Gasteiger partial charge on any atom is -0.548 e. The number of hydrogen-bond donors (Lipinski definition) is 0. The Labute approximate surface area is 159 Å². The molecule has 0 aliphatic carbocycles. The summed E-state index contributed by atoms with van der Waals surface area (Å²) >= 11 is 1.67. The molecule has 0 saturated heterocycles. The summed E-state index contributed by atoms with van der Waals surface area (Å²) in [7, 11) is 0. The van der Waals surface area contributed by atoms with Gasteiger partial charge in [-0.25, -0.2) is 15.0 Å². The van der Waals surface area contributed by atoms with Crippen molar-refractivity contribution in [3.8, 4) is 0 Å². The predicted molar refractivity (Wildman–Crippen MR) is 103 cm³/mol. The number of aliphatic carboxylic acids is 1. The number of hydrogen-bond acceptors (Lipinski definition) is 6. The van der Waals surface area contributed by atoms with Crippen molar-refractivity contribution in [3.63, 3.8) is 0 Å². The average molecular weight is 378 g/mol. The van der Waals surface area contributed by atoms with E-state index in [1.54, 1.807) is 16.3 Å². The van der Waals surface area contributed by atoms with E-state index in [1.807, 2.05) is 6.92 Å². The van der Waals surface area contributed by atoms with E-state index in [4.69, 9.17) is 0 Å². The minimum absolute atomic E-state index is 0.429. The van der Waals surface area contributed by atoms with Crippen LogP contribution >= 0.6 is 11.8 Å². The van der Waals surface area contributed by atoms with E-state index >= 15 is 0 Å². The Morgan fingerprint density at radius 3 is 2.42 bits per heavy atom. The average Bonchev–Trinajstić information content (AvgIpc) is 3.05. The number of aromatic nitrogens is 4. The second kappa shape index (κ2) is 11.2. The van der Waals surface area contributed by atoms with Gasteiger partial charge in [0.2, 0.25) is 0 Å². The van der Waals surface area contributed by atoms with E-state index in [2.05, 4.69) is 21.9 Å². The van der Waals surface area contributed by atoms with Crippen LogP contribution in [0.5, 0.6) is 0 Å². The first-order chi connectivity index (χ1) is 12.7. The maximum absolute atomic E-state index is 11.3. The molecule has 0 saturated carbocycles. The van der Waals surface area contributed by atoms with Gasteiger partial charge in [-0.1, -0.05) is 58.8 Å². The molecule has 0 aromatic carbocycles. The van der Waals surface area contributed by atoms with Crippen LogP contribution in [0.4, 0.5) is 0 Å². The molecule has 0 aliphatic rings. The molecule has 1 atom stereocenters. The molecule has 0 radical (unpaired) electrons. The van der Waals surface area contributed by atoms with Crippen molar-refractivity contribution in [2.24, 2.45) is 0 Å². The summed E-state index contributed by atoms with van der Waals surface area (Å²) in [6, 6.07) is -0.750. The fourth-order valence-electron chi connectivity index (χ4n) is 3.05. The van der Waals surface area contributed by atoms with Crippen LogP contribution in [0.25, 0.3) is 11.2 Å². The van der Waals surface area contributed by atoms with Crippen molar-refractivity contribution in [2.45, 2.75) is 82.7 Å². The molecule has 0 spiro atoms. The lowest BCUT2D eigenvalue weighted by molar-refractivity contribution is -0.310. The Kier molecular flexibility index (Phi) is 8.88. The molecule has 0 aliphatic heterocycles. The van der Waals surface area contributed by atoms with Crippen LogP contribution < -0.4 is 5.11 Å². The standard InChI is InChI=1S/C19H30N4O2S/c1-3-5-6-7-8-9-10-11-12-26-18-16-17(20-13-21-18)23(14-22-16)15(4-2)19(24)25/h13-15H,3-12H2,1-2H3,(H,24,25)/p-1. The van der Waals surface area contributed by atoms with Gasteiger partial charge in [0, 0.05) is 0 Å². The largest absolute Gasteiger partial charge is 0.548 e. The van der Waals surface area contributed by atoms with Gasteiger partial charge in [0.05, 0.1) is 18.3 Å². The molecular weight excluding hydrogens is 348 g/mol. The van der Waals surface area contributed by atoms with Crippen molar-refractivity contribution in [2.75, 3.05) is 5.75 Å². The molecule has 26 heavy (non-hydrogen) atoms. The highest BCUT2D eigenvalue weighted by atomic mass is 32.2. The van der Waals surface area contributed by atoms with Crippen molar-refractivity contribution < 1.29 is 9.90 Å². The molecule has 144 valence electrons. The number of imidazole rings is 1. The van der Waals surface area contributed by atoms with Crippen LogP contribution in [0.2, 0.25) is 0 Å². The molecule has 0 fully saturated rings. The van der Waals surface area contributed by atoms with E-state index in [0.717, 1.165) is 17.2 Å². The summed E-state index contributed by atoms with van der Waals surface area (Å²) in [6.45, 7) is 4.05. The number of thioether (sulfide) groups is 1. The monoisotopic (exact) mass is 377 g/mol. The molecule has 2 aromatic heterocycles. The number of carbonyl (C=O) groups is 1. The summed E-state index contributed by atoms with van der Waals surface area (Å²) in [5.41, 5.74) is 1.24. The summed E-state index contributed by atoms with van der Waals surface area (Å²) in [5, 5.41) is 12.1. The Morgan fingerprint density at radius 2 is 1.77 bits per heavy atom. The molecule has 2 heterocycles. The first-order valence-electron chi connectivity index (χ1n) is 9.70. The molecule has 0 amide bonds. The van der Waals surface area contributed by atoms with Gasteiger partial charge in [-0.3, -0.25) is 0 Å². The molecule has 0 N–H and O–H groups in total. The van der Waals surface area contributed by atoms with Crippen molar-refractivity contribution in [1.29, 1.82) is 0 Å². The van der Waals surface area contributed by atoms with Gasteiger partial charge in [-0.2, -0.15) is 0 Å². The van der Waals surface area contributed by atoms with Crippen molar-refractivity contribution in [3.05, 3.63) is 12.7 Å². The Hall–Kier alpha value is -1.63. The Balaban J connectivity index is 1.85. The van der Waals surface area contributed by atoms with Gasteiger partial charge < -0.3 is 14.5 Å². The van der Waals surface area contributed by atoms with E-state index in [9.17, 15) is 9.90 Å². The smallest absolute Gasteiger partial charge is 0.165 e. The van der Waals surface area contributed by atoms with Gasteiger partial charge in [0.25, 0.3) is 0 Å². The molecule has 7 heteroatoms. The second-order valence-electron chi connectivity index (χ2n) is 6.57. The van der Waals surface area contributed by atoms with Gasteiger partial charge >= 0.3 is 0 Å². The van der Waals surface area contributed by atoms with E-state index in [-0.39, 0.29) is 0 Å². The van der Waals surface area contributed by atoms with Crippen LogP contribution in [0.15, 0.2) is 17.7 Å². The highest BCUT2D eigenvalue weighted by Crippen LogP contribution is 2.26. The third-order valence-electron chi connectivity index (χ3n) is 4.56. The topological polar surface area (TPSA) is 83.7 Å². The quantitative estimate of drug-likeness (QED) is 0.300. The van der Waals surface area contributed by atoms with Gasteiger partial charge in [0.15, 0.2) is 5.65 Å². The van der Waals surface area contributed by atoms with Crippen molar-refractivity contribution >= 4 is 28.9 Å². The number of carboxylic acids is 1. The van der Waals surface area contributed by atoms with Crippen LogP contribution in [-0.2, 0) is 4.79 Å². The number of unbranched alkanes of at least 4 members (excludes halogenated alkanes) is 7. The van der Waals surface area contributed by atoms with Gasteiger partial charge in [-0.15, -0.1) is 11.8 Å². The van der Waals surface area contributed by atoms with Crippen molar-refractivity contribution in [1.82, 2.24) is 19.5 Å².